The van der Waals surface area contributed by atoms with Crippen molar-refractivity contribution < 1.29 is 18.1 Å². The number of hydrogen-bond donors (Lipinski definition) is 1. The van der Waals surface area contributed by atoms with Gasteiger partial charge >= 0.3 is 0 Å². The summed E-state index contributed by atoms with van der Waals surface area (Å²) in [4.78, 5) is 13.0. The Morgan fingerprint density at radius 2 is 1.62 bits per heavy atom. The molecule has 0 aromatic rings. The van der Waals surface area contributed by atoms with Crippen LogP contribution in [0.25, 0.3) is 0 Å². The monoisotopic (exact) mass is 375 g/mol. The Morgan fingerprint density at radius 3 is 2.08 bits per heavy atom. The average Bonchev–Trinajstić information content (AvgIpc) is 3.42. The van der Waals surface area contributed by atoms with Crippen LogP contribution in [0.4, 0.5) is 0 Å². The van der Waals surface area contributed by atoms with E-state index < -0.39 is 19.4 Å². The molecule has 4 rings (SSSR count). The molecule has 0 radical (unpaired) electrons. The van der Waals surface area contributed by atoms with Crippen molar-refractivity contribution in [1.82, 2.24) is 4.72 Å². The molecule has 0 spiro atoms. The number of carbonyl (C=O) groups is 1. The number of fused-ring (bicyclic) bond motifs is 3. The van der Waals surface area contributed by atoms with E-state index in [1.165, 1.54) is 0 Å². The smallest absolute Gasteiger partial charge is 0.178 e. The first-order valence-corrected chi connectivity index (χ1v) is 11.9. The Balaban J connectivity index is 1.56. The summed E-state index contributed by atoms with van der Waals surface area (Å²) in [5.41, 5.74) is -0.167. The molecule has 4 fully saturated rings. The summed E-state index contributed by atoms with van der Waals surface area (Å²) in [5, 5.41) is 0.371. The van der Waals surface area contributed by atoms with Crippen molar-refractivity contribution in [1.29, 1.82) is 0 Å². The van der Waals surface area contributed by atoms with Crippen LogP contribution >= 0.6 is 8.38 Å². The fourth-order valence-corrected chi connectivity index (χ4v) is 6.90. The average molecular weight is 375 g/mol. The Morgan fingerprint density at radius 1 is 1.08 bits per heavy atom. The molecular weight excluding hydrogens is 345 g/mol. The molecular formula is C17H30NO4PS. The SMILES string of the molecule is CCOP(CC(=O)C12CCC(NS(=O)C3CC3)(CC1)CC2)OCC. The third kappa shape index (κ3) is 4.09. The molecule has 0 aliphatic heterocycles. The van der Waals surface area contributed by atoms with E-state index in [9.17, 15) is 9.00 Å². The van der Waals surface area contributed by atoms with Crippen LogP contribution in [0.2, 0.25) is 0 Å². The van der Waals surface area contributed by atoms with Crippen LogP contribution in [0.5, 0.6) is 0 Å². The lowest BCUT2D eigenvalue weighted by molar-refractivity contribution is -0.132. The molecule has 0 aromatic carbocycles. The van der Waals surface area contributed by atoms with E-state index >= 15 is 0 Å². The quantitative estimate of drug-likeness (QED) is 0.594. The molecule has 2 bridgehead atoms. The maximum atomic E-state index is 13.0. The van der Waals surface area contributed by atoms with Gasteiger partial charge in [0.15, 0.2) is 8.38 Å². The van der Waals surface area contributed by atoms with Crippen molar-refractivity contribution in [2.75, 3.05) is 19.4 Å². The number of rotatable bonds is 10. The minimum atomic E-state index is -1.09. The Bertz CT molecular complexity index is 466. The van der Waals surface area contributed by atoms with Crippen LogP contribution in [-0.4, -0.2) is 40.2 Å². The van der Waals surface area contributed by atoms with Gasteiger partial charge in [0.25, 0.3) is 0 Å². The van der Waals surface area contributed by atoms with Gasteiger partial charge in [0, 0.05) is 16.2 Å². The highest BCUT2D eigenvalue weighted by atomic mass is 32.2. The van der Waals surface area contributed by atoms with Gasteiger partial charge in [-0.2, -0.15) is 0 Å². The Hall–Kier alpha value is 0.130. The molecule has 0 amide bonds. The molecule has 1 atom stereocenters. The van der Waals surface area contributed by atoms with Gasteiger partial charge < -0.3 is 9.05 Å². The van der Waals surface area contributed by atoms with Gasteiger partial charge in [0.1, 0.15) is 5.78 Å². The van der Waals surface area contributed by atoms with Gasteiger partial charge in [0.05, 0.1) is 30.4 Å². The van der Waals surface area contributed by atoms with E-state index in [2.05, 4.69) is 4.72 Å². The summed E-state index contributed by atoms with van der Waals surface area (Å²) in [6, 6.07) is 0. The Labute approximate surface area is 149 Å². The van der Waals surface area contributed by atoms with Crippen LogP contribution in [0.15, 0.2) is 0 Å². The predicted octanol–water partition coefficient (Wildman–Crippen LogP) is 3.45. The van der Waals surface area contributed by atoms with E-state index in [0.29, 0.717) is 30.4 Å². The van der Waals surface area contributed by atoms with Crippen molar-refractivity contribution >= 4 is 25.1 Å². The first-order chi connectivity index (χ1) is 11.5. The van der Waals surface area contributed by atoms with Gasteiger partial charge in [-0.3, -0.25) is 4.79 Å². The highest BCUT2D eigenvalue weighted by molar-refractivity contribution is 7.84. The number of hydrogen-bond acceptors (Lipinski definition) is 4. The van der Waals surface area contributed by atoms with Crippen LogP contribution in [0, 0.1) is 5.41 Å². The normalized spacial score (nSPS) is 33.8. The van der Waals surface area contributed by atoms with Crippen LogP contribution in [-0.2, 0) is 24.8 Å². The first-order valence-electron chi connectivity index (χ1n) is 9.27. The lowest BCUT2D eigenvalue weighted by atomic mass is 9.56. The molecule has 1 unspecified atom stereocenters. The van der Waals surface area contributed by atoms with E-state index in [-0.39, 0.29) is 11.0 Å². The predicted molar refractivity (Wildman–Crippen MR) is 97.2 cm³/mol. The third-order valence-corrected chi connectivity index (χ3v) is 9.15. The maximum Gasteiger partial charge on any atom is 0.178 e. The lowest BCUT2D eigenvalue weighted by Crippen LogP contribution is -2.57. The van der Waals surface area contributed by atoms with Crippen molar-refractivity contribution in [3.05, 3.63) is 0 Å². The third-order valence-electron chi connectivity index (χ3n) is 5.80. The highest BCUT2D eigenvalue weighted by Gasteiger charge is 2.53. The molecule has 138 valence electrons. The van der Waals surface area contributed by atoms with E-state index in [1.54, 1.807) is 0 Å². The molecule has 5 nitrogen and oxygen atoms in total. The van der Waals surface area contributed by atoms with E-state index in [1.807, 2.05) is 13.8 Å². The zero-order valence-corrected chi connectivity index (χ0v) is 16.6. The van der Waals surface area contributed by atoms with Gasteiger partial charge in [-0.1, -0.05) is 0 Å². The number of ketones is 1. The molecule has 0 heterocycles. The molecule has 7 heteroatoms. The molecule has 4 saturated carbocycles. The second kappa shape index (κ2) is 7.79. The van der Waals surface area contributed by atoms with Crippen molar-refractivity contribution in [3.8, 4) is 0 Å². The topological polar surface area (TPSA) is 64.6 Å². The standard InChI is InChI=1S/C17H30NO4PS/c1-3-21-23(22-4-2)13-15(19)16-7-10-17(11-8-16,12-9-16)18-24(20)14-5-6-14/h14,18H,3-13H2,1-2H3. The summed E-state index contributed by atoms with van der Waals surface area (Å²) in [6.07, 6.45) is 8.28. The highest BCUT2D eigenvalue weighted by Crippen LogP contribution is 2.55. The fraction of sp³-hybridized carbons (Fsp3) is 0.941. The molecule has 4 aliphatic carbocycles. The van der Waals surface area contributed by atoms with Gasteiger partial charge in [-0.05, 0) is 65.2 Å². The second-order valence-electron chi connectivity index (χ2n) is 7.41. The first kappa shape index (κ1) is 18.9. The lowest BCUT2D eigenvalue weighted by Gasteiger charge is -2.52. The fourth-order valence-electron chi connectivity index (χ4n) is 4.04. The molecule has 4 aliphatic rings. The minimum absolute atomic E-state index is 0.0139. The van der Waals surface area contributed by atoms with Crippen LogP contribution in [0.3, 0.4) is 0 Å². The molecule has 1 N–H and O–H groups in total. The largest absolute Gasteiger partial charge is 0.334 e. The zero-order valence-electron chi connectivity index (χ0n) is 14.8. The summed E-state index contributed by atoms with van der Waals surface area (Å²) >= 11 is 0. The number of Topliss-reactive ketones (excluding diaryl/α,β-unsaturated/α-hetero) is 1. The molecule has 0 aromatic heterocycles. The minimum Gasteiger partial charge on any atom is -0.334 e. The van der Waals surface area contributed by atoms with Gasteiger partial charge in [-0.15, -0.1) is 0 Å². The molecule has 24 heavy (non-hydrogen) atoms. The van der Waals surface area contributed by atoms with Crippen molar-refractivity contribution in [3.63, 3.8) is 0 Å². The van der Waals surface area contributed by atoms with E-state index in [4.69, 9.17) is 9.05 Å². The van der Waals surface area contributed by atoms with Gasteiger partial charge in [0.2, 0.25) is 0 Å². The number of carbonyl (C=O) groups excluding carboxylic acids is 1. The summed E-state index contributed by atoms with van der Waals surface area (Å²) in [6.45, 7) is 5.06. The summed E-state index contributed by atoms with van der Waals surface area (Å²) in [5.74, 6) is 0.326. The zero-order chi connectivity index (χ0) is 17.2. The maximum absolute atomic E-state index is 13.0. The second-order valence-corrected chi connectivity index (χ2v) is 10.4. The Kier molecular flexibility index (Phi) is 6.14. The summed E-state index contributed by atoms with van der Waals surface area (Å²) in [7, 11) is -1.97. The summed E-state index contributed by atoms with van der Waals surface area (Å²) < 4.78 is 26.9. The molecule has 0 saturated heterocycles. The van der Waals surface area contributed by atoms with Crippen molar-refractivity contribution in [2.45, 2.75) is 76.0 Å². The van der Waals surface area contributed by atoms with Crippen molar-refractivity contribution in [2.24, 2.45) is 5.41 Å². The van der Waals surface area contributed by atoms with E-state index in [0.717, 1.165) is 51.4 Å². The van der Waals surface area contributed by atoms with Gasteiger partial charge in [-0.25, -0.2) is 8.93 Å². The van der Waals surface area contributed by atoms with Crippen LogP contribution in [0.1, 0.15) is 65.2 Å². The number of nitrogens with one attached hydrogen (secondary N) is 1. The van der Waals surface area contributed by atoms with Crippen LogP contribution < -0.4 is 4.72 Å².